The Labute approximate surface area is 110 Å². The molecule has 3 N–H and O–H groups in total. The third kappa shape index (κ3) is 2.42. The summed E-state index contributed by atoms with van der Waals surface area (Å²) in [6.45, 7) is 3.99. The van der Waals surface area contributed by atoms with Crippen molar-refractivity contribution < 1.29 is 9.90 Å². The summed E-state index contributed by atoms with van der Waals surface area (Å²) in [4.78, 5) is 10.9. The van der Waals surface area contributed by atoms with Crippen LogP contribution in [-0.4, -0.2) is 26.1 Å². The molecule has 1 aromatic heterocycles. The maximum absolute atomic E-state index is 10.9. The van der Waals surface area contributed by atoms with Gasteiger partial charge in [0.15, 0.2) is 5.82 Å². The lowest BCUT2D eigenvalue weighted by molar-refractivity contribution is 0.0691. The number of carboxylic acid groups (broad SMARTS) is 1. The van der Waals surface area contributed by atoms with E-state index in [0.29, 0.717) is 0 Å². The van der Waals surface area contributed by atoms with Crippen molar-refractivity contribution >= 4 is 11.8 Å². The number of nitrogens with zero attached hydrogens (tertiary/aromatic N) is 3. The predicted octanol–water partition coefficient (Wildman–Crippen LogP) is 1.73. The molecule has 100 valence electrons. The maximum Gasteiger partial charge on any atom is 0.360 e. The van der Waals surface area contributed by atoms with E-state index in [0.717, 1.165) is 12.0 Å². The molecule has 0 saturated heterocycles. The molecule has 0 aliphatic rings. The van der Waals surface area contributed by atoms with E-state index in [1.807, 2.05) is 31.2 Å². The third-order valence-electron chi connectivity index (χ3n) is 3.17. The van der Waals surface area contributed by atoms with Crippen molar-refractivity contribution in [2.45, 2.75) is 26.3 Å². The number of benzene rings is 1. The average Bonchev–Trinajstić information content (AvgIpc) is 2.80. The van der Waals surface area contributed by atoms with Gasteiger partial charge in [0.25, 0.3) is 0 Å². The zero-order valence-electron chi connectivity index (χ0n) is 10.9. The summed E-state index contributed by atoms with van der Waals surface area (Å²) < 4.78 is 1.42. The molecule has 1 aromatic carbocycles. The van der Waals surface area contributed by atoms with Gasteiger partial charge in [-0.05, 0) is 24.5 Å². The predicted molar refractivity (Wildman–Crippen MR) is 71.0 cm³/mol. The quantitative estimate of drug-likeness (QED) is 0.873. The van der Waals surface area contributed by atoms with E-state index < -0.39 is 5.97 Å². The van der Waals surface area contributed by atoms with E-state index >= 15 is 0 Å². The highest BCUT2D eigenvalue weighted by Crippen LogP contribution is 2.21. The van der Waals surface area contributed by atoms with E-state index in [4.69, 9.17) is 10.8 Å². The Morgan fingerprint density at radius 3 is 2.53 bits per heavy atom. The molecule has 0 amide bonds. The number of hydrogen-bond acceptors (Lipinski definition) is 4. The second kappa shape index (κ2) is 5.09. The van der Waals surface area contributed by atoms with Crippen LogP contribution in [-0.2, 0) is 6.42 Å². The number of aromatic nitrogens is 3. The molecule has 0 aliphatic heterocycles. The fourth-order valence-electron chi connectivity index (χ4n) is 1.91. The molecule has 6 heteroatoms. The van der Waals surface area contributed by atoms with Crippen molar-refractivity contribution in [3.8, 4) is 0 Å². The Morgan fingerprint density at radius 2 is 2.05 bits per heavy atom. The lowest BCUT2D eigenvalue weighted by Crippen LogP contribution is -2.13. The molecule has 1 atom stereocenters. The molecule has 0 bridgehead atoms. The van der Waals surface area contributed by atoms with Gasteiger partial charge in [-0.25, -0.2) is 9.48 Å². The minimum atomic E-state index is -1.17. The van der Waals surface area contributed by atoms with Crippen LogP contribution in [0.25, 0.3) is 0 Å². The highest BCUT2D eigenvalue weighted by molar-refractivity contribution is 5.90. The van der Waals surface area contributed by atoms with Crippen molar-refractivity contribution in [3.05, 3.63) is 41.1 Å². The number of aromatic carboxylic acids is 1. The number of aryl methyl sites for hydroxylation is 1. The van der Waals surface area contributed by atoms with Gasteiger partial charge in [0.1, 0.15) is 0 Å². The van der Waals surface area contributed by atoms with Gasteiger partial charge in [0, 0.05) is 0 Å². The van der Waals surface area contributed by atoms with Gasteiger partial charge in [-0.15, -0.1) is 5.10 Å². The van der Waals surface area contributed by atoms with Crippen molar-refractivity contribution in [1.82, 2.24) is 15.0 Å². The average molecular weight is 260 g/mol. The maximum atomic E-state index is 10.9. The number of anilines is 1. The summed E-state index contributed by atoms with van der Waals surface area (Å²) in [6, 6.07) is 7.90. The van der Waals surface area contributed by atoms with Crippen LogP contribution in [0.1, 0.15) is 41.5 Å². The molecule has 0 radical (unpaired) electrons. The van der Waals surface area contributed by atoms with Crippen molar-refractivity contribution in [1.29, 1.82) is 0 Å². The highest BCUT2D eigenvalue weighted by Gasteiger charge is 2.20. The minimum Gasteiger partial charge on any atom is -0.476 e. The van der Waals surface area contributed by atoms with Gasteiger partial charge >= 0.3 is 5.97 Å². The van der Waals surface area contributed by atoms with E-state index in [1.54, 1.807) is 0 Å². The highest BCUT2D eigenvalue weighted by atomic mass is 16.4. The van der Waals surface area contributed by atoms with Crippen molar-refractivity contribution in [3.63, 3.8) is 0 Å². The van der Waals surface area contributed by atoms with E-state index in [1.165, 1.54) is 10.2 Å². The largest absolute Gasteiger partial charge is 0.476 e. The lowest BCUT2D eigenvalue weighted by Gasteiger charge is -2.13. The number of hydrogen-bond donors (Lipinski definition) is 2. The summed E-state index contributed by atoms with van der Waals surface area (Å²) in [5, 5.41) is 16.3. The van der Waals surface area contributed by atoms with Crippen molar-refractivity contribution in [2.24, 2.45) is 0 Å². The Hall–Kier alpha value is -2.37. The van der Waals surface area contributed by atoms with Crippen LogP contribution in [0.2, 0.25) is 0 Å². The van der Waals surface area contributed by atoms with E-state index in [-0.39, 0.29) is 17.6 Å². The number of carboxylic acids is 1. The molecule has 0 fully saturated rings. The van der Waals surface area contributed by atoms with Crippen LogP contribution in [0.4, 0.5) is 5.82 Å². The zero-order valence-corrected chi connectivity index (χ0v) is 10.9. The van der Waals surface area contributed by atoms with Crippen LogP contribution >= 0.6 is 0 Å². The molecule has 0 spiro atoms. The van der Waals surface area contributed by atoms with Gasteiger partial charge in [0.05, 0.1) is 6.04 Å². The third-order valence-corrected chi connectivity index (χ3v) is 3.17. The standard InChI is InChI=1S/C13H16N4O2/c1-3-9-4-6-10(7-5-9)8(2)17-12(14)11(13(18)19)15-16-17/h4-8H,3,14H2,1-2H3,(H,18,19). The summed E-state index contributed by atoms with van der Waals surface area (Å²) in [5.74, 6) is -1.10. The Kier molecular flexibility index (Phi) is 3.50. The van der Waals surface area contributed by atoms with Gasteiger partial charge in [-0.1, -0.05) is 36.4 Å². The summed E-state index contributed by atoms with van der Waals surface area (Å²) in [5.41, 5.74) is 7.79. The topological polar surface area (TPSA) is 94.0 Å². The number of nitrogen functional groups attached to an aromatic ring is 1. The van der Waals surface area contributed by atoms with Crippen LogP contribution in [0.5, 0.6) is 0 Å². The van der Waals surface area contributed by atoms with Crippen LogP contribution < -0.4 is 5.73 Å². The first-order chi connectivity index (χ1) is 9.04. The van der Waals surface area contributed by atoms with Crippen LogP contribution in [0.3, 0.4) is 0 Å². The second-order valence-electron chi connectivity index (χ2n) is 4.34. The second-order valence-corrected chi connectivity index (χ2v) is 4.34. The first kappa shape index (κ1) is 13.1. The van der Waals surface area contributed by atoms with Crippen molar-refractivity contribution in [2.75, 3.05) is 5.73 Å². The first-order valence-electron chi connectivity index (χ1n) is 6.07. The molecule has 0 aliphatic carbocycles. The van der Waals surface area contributed by atoms with Gasteiger partial charge < -0.3 is 10.8 Å². The monoisotopic (exact) mass is 260 g/mol. The Balaban J connectivity index is 2.32. The summed E-state index contributed by atoms with van der Waals surface area (Å²) in [7, 11) is 0. The minimum absolute atomic E-state index is 0.0690. The number of nitrogens with two attached hydrogens (primary N) is 1. The molecular weight excluding hydrogens is 244 g/mol. The zero-order chi connectivity index (χ0) is 14.0. The van der Waals surface area contributed by atoms with Crippen LogP contribution in [0.15, 0.2) is 24.3 Å². The molecule has 2 aromatic rings. The number of carbonyl (C=O) groups is 1. The fraction of sp³-hybridized carbons (Fsp3) is 0.308. The van der Waals surface area contributed by atoms with E-state index in [9.17, 15) is 4.79 Å². The van der Waals surface area contributed by atoms with E-state index in [2.05, 4.69) is 17.2 Å². The SMILES string of the molecule is CCc1ccc(C(C)n2nnc(C(=O)O)c2N)cc1. The molecule has 2 rings (SSSR count). The van der Waals surface area contributed by atoms with Gasteiger partial charge in [-0.2, -0.15) is 0 Å². The molecule has 1 unspecified atom stereocenters. The molecular formula is C13H16N4O2. The van der Waals surface area contributed by atoms with Gasteiger partial charge in [-0.3, -0.25) is 0 Å². The number of rotatable bonds is 4. The van der Waals surface area contributed by atoms with Crippen LogP contribution in [0, 0.1) is 0 Å². The summed E-state index contributed by atoms with van der Waals surface area (Å²) in [6.07, 6.45) is 0.975. The van der Waals surface area contributed by atoms with Gasteiger partial charge in [0.2, 0.25) is 5.69 Å². The Bertz CT molecular complexity index is 589. The molecule has 19 heavy (non-hydrogen) atoms. The first-order valence-corrected chi connectivity index (χ1v) is 6.07. The fourth-order valence-corrected chi connectivity index (χ4v) is 1.91. The summed E-state index contributed by atoms with van der Waals surface area (Å²) >= 11 is 0. The smallest absolute Gasteiger partial charge is 0.360 e. The molecule has 0 saturated carbocycles. The molecule has 6 nitrogen and oxygen atoms in total. The molecule has 1 heterocycles. The Morgan fingerprint density at radius 1 is 1.42 bits per heavy atom. The normalized spacial score (nSPS) is 12.3. The lowest BCUT2D eigenvalue weighted by atomic mass is 10.1.